The molecule has 180 valence electrons. The maximum atomic E-state index is 13.7. The average molecular weight is 470 g/mol. The Bertz CT molecular complexity index is 1230. The fourth-order valence-corrected chi connectivity index (χ4v) is 5.70. The molecule has 1 aromatic rings. The van der Waals surface area contributed by atoms with Crippen LogP contribution in [0.1, 0.15) is 41.3 Å². The molecule has 10 nitrogen and oxygen atoms in total. The summed E-state index contributed by atoms with van der Waals surface area (Å²) < 4.78 is 0. The molecule has 6 N–H and O–H groups in total. The molecule has 0 bridgehead atoms. The van der Waals surface area contributed by atoms with E-state index >= 15 is 0 Å². The van der Waals surface area contributed by atoms with Crippen molar-refractivity contribution in [3.05, 3.63) is 45.7 Å². The van der Waals surface area contributed by atoms with Gasteiger partial charge in [0.05, 0.1) is 11.6 Å². The zero-order valence-electron chi connectivity index (χ0n) is 19.0. The van der Waals surface area contributed by atoms with E-state index in [-0.39, 0.29) is 41.9 Å². The number of nitrogens with two attached hydrogens (primary N) is 1. The summed E-state index contributed by atoms with van der Waals surface area (Å²) in [6.07, 6.45) is 0.247. The monoisotopic (exact) mass is 470 g/mol. The lowest BCUT2D eigenvalue weighted by Gasteiger charge is -2.50. The number of aromatic hydroxyl groups is 1. The number of rotatable bonds is 4. The summed E-state index contributed by atoms with van der Waals surface area (Å²) in [6.45, 7) is 1.68. The molecule has 1 saturated carbocycles. The van der Waals surface area contributed by atoms with Crippen LogP contribution in [-0.2, 0) is 20.8 Å². The summed E-state index contributed by atoms with van der Waals surface area (Å²) in [6, 6.07) is 1.55. The van der Waals surface area contributed by atoms with Crippen LogP contribution in [0.15, 0.2) is 29.0 Å². The highest BCUT2D eigenvalue weighted by atomic mass is 16.3. The molecule has 3 aliphatic rings. The molecule has 10 heteroatoms. The number of carbonyl (C=O) groups excluding carboxylic acids is 4. The molecule has 4 rings (SSSR count). The first-order chi connectivity index (χ1) is 15.9. The van der Waals surface area contributed by atoms with Gasteiger partial charge in [-0.1, -0.05) is 6.92 Å². The molecule has 0 saturated heterocycles. The Kier molecular flexibility index (Phi) is 5.41. The second-order valence-corrected chi connectivity index (χ2v) is 9.22. The van der Waals surface area contributed by atoms with Crippen LogP contribution < -0.4 is 5.73 Å². The fourth-order valence-electron chi connectivity index (χ4n) is 5.70. The predicted molar refractivity (Wildman–Crippen MR) is 119 cm³/mol. The van der Waals surface area contributed by atoms with Crippen molar-refractivity contribution in [2.45, 2.75) is 37.8 Å². The molecule has 1 fully saturated rings. The number of likely N-dealkylation sites (N-methyl/N-ethyl adjacent to an activating group) is 1. The number of hydrogen-bond acceptors (Lipinski definition) is 9. The number of hydrogen-bond donors (Lipinski definition) is 5. The lowest BCUT2D eigenvalue weighted by atomic mass is 9.57. The third-order valence-electron chi connectivity index (χ3n) is 7.23. The van der Waals surface area contributed by atoms with Gasteiger partial charge in [0.25, 0.3) is 5.91 Å². The van der Waals surface area contributed by atoms with Crippen molar-refractivity contribution in [1.29, 1.82) is 0 Å². The standard InChI is InChI=1S/C24H26N2O8/c1-4-13(27)10-5-6-14(28)16-11(10)7-9-8-12-18(26(2)3)20(30)17(23(25)33)22(32)24(12,34)21(31)15(9)19(16)29/h5-6,9,12,18,28-29,32,34H,4,7-8H2,1-3H3,(H2,25,33)/t9-,12-,18?,24-/m0/s1. The minimum absolute atomic E-state index is 0.0266. The largest absolute Gasteiger partial charge is 0.508 e. The van der Waals surface area contributed by atoms with Gasteiger partial charge < -0.3 is 26.2 Å². The molecule has 34 heavy (non-hydrogen) atoms. The van der Waals surface area contributed by atoms with Crippen LogP contribution in [0.3, 0.4) is 0 Å². The third-order valence-corrected chi connectivity index (χ3v) is 7.23. The number of carbonyl (C=O) groups is 4. The van der Waals surface area contributed by atoms with Crippen molar-refractivity contribution < 1.29 is 39.6 Å². The van der Waals surface area contributed by atoms with Gasteiger partial charge in [0.15, 0.2) is 17.2 Å². The molecule has 0 heterocycles. The van der Waals surface area contributed by atoms with Crippen molar-refractivity contribution in [2.24, 2.45) is 17.6 Å². The topological polar surface area (TPSA) is 178 Å². The number of primary amides is 1. The maximum absolute atomic E-state index is 13.7. The maximum Gasteiger partial charge on any atom is 0.255 e. The molecule has 0 aromatic heterocycles. The summed E-state index contributed by atoms with van der Waals surface area (Å²) in [7, 11) is 3.06. The zero-order valence-corrected chi connectivity index (χ0v) is 19.0. The highest BCUT2D eigenvalue weighted by Crippen LogP contribution is 2.52. The number of amides is 1. The average Bonchev–Trinajstić information content (AvgIpc) is 2.75. The Morgan fingerprint density at radius 1 is 1.18 bits per heavy atom. The number of aliphatic hydroxyl groups excluding tert-OH is 2. The number of nitrogens with zero attached hydrogens (tertiary/aromatic N) is 1. The molecule has 1 unspecified atom stereocenters. The predicted octanol–water partition coefficient (Wildman–Crippen LogP) is 0.557. The van der Waals surface area contributed by atoms with E-state index < -0.39 is 58.0 Å². The van der Waals surface area contributed by atoms with E-state index in [2.05, 4.69) is 0 Å². The van der Waals surface area contributed by atoms with Crippen molar-refractivity contribution in [2.75, 3.05) is 14.1 Å². The lowest BCUT2D eigenvalue weighted by Crippen LogP contribution is -2.65. The molecule has 4 atom stereocenters. The Hall–Kier alpha value is -3.50. The van der Waals surface area contributed by atoms with Crippen LogP contribution in [0.2, 0.25) is 0 Å². The first-order valence-electron chi connectivity index (χ1n) is 10.9. The van der Waals surface area contributed by atoms with E-state index in [1.165, 1.54) is 31.1 Å². The van der Waals surface area contributed by atoms with Crippen molar-refractivity contribution in [3.63, 3.8) is 0 Å². The van der Waals surface area contributed by atoms with Gasteiger partial charge in [0.2, 0.25) is 5.78 Å². The van der Waals surface area contributed by atoms with Gasteiger partial charge in [0, 0.05) is 23.5 Å². The minimum atomic E-state index is -2.68. The van der Waals surface area contributed by atoms with Crippen LogP contribution in [0.25, 0.3) is 5.76 Å². The normalized spacial score (nSPS) is 28.6. The Morgan fingerprint density at radius 2 is 1.82 bits per heavy atom. The number of phenolic OH excluding ortho intramolecular Hbond substituents is 1. The highest BCUT2D eigenvalue weighted by molar-refractivity contribution is 6.24. The molecule has 0 aliphatic heterocycles. The number of benzene rings is 1. The molecule has 1 amide bonds. The van der Waals surface area contributed by atoms with Gasteiger partial charge in [-0.2, -0.15) is 0 Å². The van der Waals surface area contributed by atoms with E-state index in [1.54, 1.807) is 6.92 Å². The number of ketones is 3. The SMILES string of the molecule is CCC(=O)c1ccc(O)c2c1C[C@H]1C[C@H]3C(N(C)C)C(=O)C(C(N)=O)=C(O)[C@@]3(O)C(=O)C1=C2O. The van der Waals surface area contributed by atoms with E-state index in [9.17, 15) is 39.6 Å². The second-order valence-electron chi connectivity index (χ2n) is 9.22. The first-order valence-corrected chi connectivity index (χ1v) is 10.9. The number of phenols is 1. The van der Waals surface area contributed by atoms with Crippen molar-refractivity contribution in [1.82, 2.24) is 4.90 Å². The third kappa shape index (κ3) is 2.95. The summed E-state index contributed by atoms with van der Waals surface area (Å²) >= 11 is 0. The van der Waals surface area contributed by atoms with Crippen LogP contribution >= 0.6 is 0 Å². The van der Waals surface area contributed by atoms with Gasteiger partial charge in [-0.05, 0) is 50.6 Å². The summed E-state index contributed by atoms with van der Waals surface area (Å²) in [5.41, 5.74) is 2.09. The molecule has 3 aliphatic carbocycles. The van der Waals surface area contributed by atoms with Crippen LogP contribution in [0, 0.1) is 11.8 Å². The van der Waals surface area contributed by atoms with E-state index in [1.807, 2.05) is 0 Å². The Balaban J connectivity index is 1.99. The van der Waals surface area contributed by atoms with Crippen LogP contribution in [0.4, 0.5) is 0 Å². The summed E-state index contributed by atoms with van der Waals surface area (Å²) in [4.78, 5) is 52.6. The summed E-state index contributed by atoms with van der Waals surface area (Å²) in [5.74, 6) is -7.37. The van der Waals surface area contributed by atoms with Crippen LogP contribution in [-0.4, -0.2) is 74.3 Å². The van der Waals surface area contributed by atoms with Crippen LogP contribution in [0.5, 0.6) is 5.75 Å². The molecule has 0 spiro atoms. The second kappa shape index (κ2) is 7.78. The number of aliphatic hydroxyl groups is 3. The zero-order chi connectivity index (χ0) is 25.3. The number of Topliss-reactive ketones (excluding diaryl/α,β-unsaturated/α-hetero) is 3. The van der Waals surface area contributed by atoms with Crippen molar-refractivity contribution >= 4 is 29.0 Å². The molecule has 1 aromatic carbocycles. The molecular weight excluding hydrogens is 444 g/mol. The lowest BCUT2D eigenvalue weighted by molar-refractivity contribution is -0.153. The summed E-state index contributed by atoms with van der Waals surface area (Å²) in [5, 5.41) is 43.8. The van der Waals surface area contributed by atoms with Gasteiger partial charge in [0.1, 0.15) is 22.8 Å². The quantitative estimate of drug-likeness (QED) is 0.310. The fraction of sp³-hybridized carbons (Fsp3) is 0.417. The van der Waals surface area contributed by atoms with Gasteiger partial charge in [-0.15, -0.1) is 0 Å². The smallest absolute Gasteiger partial charge is 0.255 e. The van der Waals surface area contributed by atoms with Crippen molar-refractivity contribution in [3.8, 4) is 5.75 Å². The highest BCUT2D eigenvalue weighted by Gasteiger charge is 2.64. The Morgan fingerprint density at radius 3 is 2.38 bits per heavy atom. The van der Waals surface area contributed by atoms with E-state index in [4.69, 9.17) is 5.73 Å². The van der Waals surface area contributed by atoms with E-state index in [0.29, 0.717) is 11.1 Å². The van der Waals surface area contributed by atoms with Gasteiger partial charge in [-0.3, -0.25) is 24.1 Å². The molecule has 0 radical (unpaired) electrons. The minimum Gasteiger partial charge on any atom is -0.508 e. The first kappa shape index (κ1) is 23.7. The number of fused-ring (bicyclic) bond motifs is 3. The Labute approximate surface area is 195 Å². The van der Waals surface area contributed by atoms with Gasteiger partial charge in [-0.25, -0.2) is 0 Å². The molecular formula is C24H26N2O8. The van der Waals surface area contributed by atoms with Gasteiger partial charge >= 0.3 is 0 Å². The van der Waals surface area contributed by atoms with E-state index in [0.717, 1.165) is 0 Å².